The van der Waals surface area contributed by atoms with Crippen LogP contribution in [0.5, 0.6) is 0 Å². The van der Waals surface area contributed by atoms with Crippen LogP contribution in [0.1, 0.15) is 37.7 Å². The predicted molar refractivity (Wildman–Crippen MR) is 74.0 cm³/mol. The molecule has 0 aliphatic rings. The Bertz CT molecular complexity index is 531. The van der Waals surface area contributed by atoms with E-state index in [1.165, 1.54) is 0 Å². The average Bonchev–Trinajstić information content (AvgIpc) is 3.07. The maximum Gasteiger partial charge on any atom is 0.220 e. The molecular formula is C13H20N6O. The maximum absolute atomic E-state index is 11.7. The molecule has 0 aliphatic carbocycles. The summed E-state index contributed by atoms with van der Waals surface area (Å²) in [5.74, 6) is 0.942. The lowest BCUT2D eigenvalue weighted by Gasteiger charge is -2.10. The molecule has 0 unspecified atom stereocenters. The van der Waals surface area contributed by atoms with Crippen molar-refractivity contribution >= 4 is 5.91 Å². The van der Waals surface area contributed by atoms with Crippen LogP contribution in [-0.2, 0) is 17.6 Å². The number of aromatic amines is 1. The summed E-state index contributed by atoms with van der Waals surface area (Å²) in [6, 6.07) is 0.330. The van der Waals surface area contributed by atoms with Gasteiger partial charge >= 0.3 is 0 Å². The fourth-order valence-corrected chi connectivity index (χ4v) is 1.95. The number of nitrogens with zero attached hydrogens (tertiary/aromatic N) is 4. The molecule has 2 rings (SSSR count). The first-order valence-corrected chi connectivity index (χ1v) is 6.79. The van der Waals surface area contributed by atoms with Gasteiger partial charge in [0.1, 0.15) is 12.2 Å². The summed E-state index contributed by atoms with van der Waals surface area (Å²) in [5.41, 5.74) is 1.04. The largest absolute Gasteiger partial charge is 0.356 e. The van der Waals surface area contributed by atoms with Gasteiger partial charge in [-0.25, -0.2) is 0 Å². The number of hydrogen-bond acceptors (Lipinski definition) is 4. The van der Waals surface area contributed by atoms with Crippen molar-refractivity contribution in [3.05, 3.63) is 30.1 Å². The molecule has 0 bridgehead atoms. The van der Waals surface area contributed by atoms with Gasteiger partial charge in [-0.15, -0.1) is 10.2 Å². The van der Waals surface area contributed by atoms with E-state index in [0.29, 0.717) is 31.8 Å². The quantitative estimate of drug-likeness (QED) is 0.785. The topological polar surface area (TPSA) is 88.5 Å². The highest BCUT2D eigenvalue weighted by Crippen LogP contribution is 2.06. The van der Waals surface area contributed by atoms with Crippen LogP contribution in [0.4, 0.5) is 0 Å². The van der Waals surface area contributed by atoms with Crippen molar-refractivity contribution in [1.82, 2.24) is 30.3 Å². The highest BCUT2D eigenvalue weighted by molar-refractivity contribution is 5.76. The Morgan fingerprint density at radius 1 is 1.45 bits per heavy atom. The van der Waals surface area contributed by atoms with Gasteiger partial charge in [-0.2, -0.15) is 5.10 Å². The first-order valence-electron chi connectivity index (χ1n) is 6.79. The lowest BCUT2D eigenvalue weighted by molar-refractivity contribution is -0.121. The first kappa shape index (κ1) is 14.2. The zero-order valence-electron chi connectivity index (χ0n) is 11.8. The van der Waals surface area contributed by atoms with E-state index in [4.69, 9.17) is 0 Å². The zero-order chi connectivity index (χ0) is 14.4. The number of hydrogen-bond donors (Lipinski definition) is 2. The molecule has 0 saturated heterocycles. The molecule has 0 atom stereocenters. The average molecular weight is 276 g/mol. The van der Waals surface area contributed by atoms with Crippen LogP contribution in [0.2, 0.25) is 0 Å². The Kier molecular flexibility index (Phi) is 4.86. The maximum atomic E-state index is 11.7. The second-order valence-corrected chi connectivity index (χ2v) is 4.95. The van der Waals surface area contributed by atoms with E-state index >= 15 is 0 Å². The van der Waals surface area contributed by atoms with E-state index in [1.807, 2.05) is 4.57 Å². The Morgan fingerprint density at radius 3 is 3.00 bits per heavy atom. The van der Waals surface area contributed by atoms with Gasteiger partial charge in [0.2, 0.25) is 5.91 Å². The van der Waals surface area contributed by atoms with E-state index < -0.39 is 0 Å². The summed E-state index contributed by atoms with van der Waals surface area (Å²) in [6.45, 7) is 4.74. The minimum Gasteiger partial charge on any atom is -0.356 e. The highest BCUT2D eigenvalue weighted by atomic mass is 16.1. The standard InChI is InChI=1S/C13H20N6O/c1-10(2)19-9-17-18-12(19)5-6-14-13(20)4-3-11-7-15-16-8-11/h7-10H,3-6H2,1-2H3,(H,14,20)(H,15,16). The molecule has 0 radical (unpaired) electrons. The number of carbonyl (C=O) groups excluding carboxylic acids is 1. The molecule has 7 nitrogen and oxygen atoms in total. The van der Waals surface area contributed by atoms with E-state index in [2.05, 4.69) is 39.6 Å². The molecule has 0 aliphatic heterocycles. The summed E-state index contributed by atoms with van der Waals surface area (Å²) in [5, 5.41) is 17.4. The van der Waals surface area contributed by atoms with Crippen molar-refractivity contribution in [2.75, 3.05) is 6.54 Å². The van der Waals surface area contributed by atoms with Crippen molar-refractivity contribution in [3.63, 3.8) is 0 Å². The van der Waals surface area contributed by atoms with Crippen molar-refractivity contribution in [1.29, 1.82) is 0 Å². The second-order valence-electron chi connectivity index (χ2n) is 4.95. The lowest BCUT2D eigenvalue weighted by Crippen LogP contribution is -2.26. The molecule has 0 saturated carbocycles. The van der Waals surface area contributed by atoms with Gasteiger partial charge in [-0.05, 0) is 25.8 Å². The van der Waals surface area contributed by atoms with Crippen LogP contribution in [0, 0.1) is 0 Å². The van der Waals surface area contributed by atoms with Gasteiger partial charge < -0.3 is 9.88 Å². The van der Waals surface area contributed by atoms with E-state index in [0.717, 1.165) is 11.4 Å². The normalized spacial score (nSPS) is 10.9. The Labute approximate surface area is 117 Å². The summed E-state index contributed by atoms with van der Waals surface area (Å²) in [6.07, 6.45) is 7.12. The minimum atomic E-state index is 0.0433. The Balaban J connectivity index is 1.70. The van der Waals surface area contributed by atoms with E-state index in [-0.39, 0.29) is 5.91 Å². The molecule has 0 aromatic carbocycles. The van der Waals surface area contributed by atoms with Crippen LogP contribution in [-0.4, -0.2) is 37.4 Å². The highest BCUT2D eigenvalue weighted by Gasteiger charge is 2.08. The van der Waals surface area contributed by atoms with Crippen molar-refractivity contribution in [2.45, 2.75) is 39.2 Å². The molecule has 2 aromatic rings. The molecule has 20 heavy (non-hydrogen) atoms. The number of amides is 1. The third-order valence-electron chi connectivity index (χ3n) is 3.07. The first-order chi connectivity index (χ1) is 9.66. The Morgan fingerprint density at radius 2 is 2.30 bits per heavy atom. The fourth-order valence-electron chi connectivity index (χ4n) is 1.95. The molecule has 0 spiro atoms. The number of H-pyrrole nitrogens is 1. The van der Waals surface area contributed by atoms with Crippen LogP contribution in [0.15, 0.2) is 18.7 Å². The van der Waals surface area contributed by atoms with Gasteiger partial charge in [0.05, 0.1) is 6.20 Å². The minimum absolute atomic E-state index is 0.0433. The van der Waals surface area contributed by atoms with E-state index in [9.17, 15) is 4.79 Å². The van der Waals surface area contributed by atoms with Crippen LogP contribution in [0.3, 0.4) is 0 Å². The molecule has 2 heterocycles. The number of rotatable bonds is 7. The molecule has 108 valence electrons. The van der Waals surface area contributed by atoms with Crippen molar-refractivity contribution in [2.24, 2.45) is 0 Å². The third kappa shape index (κ3) is 3.91. The SMILES string of the molecule is CC(C)n1cnnc1CCNC(=O)CCc1cn[nH]c1. The van der Waals surface area contributed by atoms with Crippen LogP contribution < -0.4 is 5.32 Å². The molecular weight excluding hydrogens is 256 g/mol. The summed E-state index contributed by atoms with van der Waals surface area (Å²) >= 11 is 0. The number of aryl methyl sites for hydroxylation is 1. The molecule has 2 N–H and O–H groups in total. The lowest BCUT2D eigenvalue weighted by atomic mass is 10.2. The van der Waals surface area contributed by atoms with Gasteiger partial charge in [-0.3, -0.25) is 9.89 Å². The van der Waals surface area contributed by atoms with Gasteiger partial charge in [0, 0.05) is 31.6 Å². The second kappa shape index (κ2) is 6.83. The van der Waals surface area contributed by atoms with Crippen molar-refractivity contribution in [3.8, 4) is 0 Å². The zero-order valence-corrected chi connectivity index (χ0v) is 11.8. The predicted octanol–water partition coefficient (Wildman–Crippen LogP) is 0.874. The Hall–Kier alpha value is -2.18. The third-order valence-corrected chi connectivity index (χ3v) is 3.07. The number of carbonyl (C=O) groups is 1. The molecule has 7 heteroatoms. The fraction of sp³-hybridized carbons (Fsp3) is 0.538. The monoisotopic (exact) mass is 276 g/mol. The van der Waals surface area contributed by atoms with E-state index in [1.54, 1.807) is 18.7 Å². The van der Waals surface area contributed by atoms with Gasteiger partial charge in [0.25, 0.3) is 0 Å². The summed E-state index contributed by atoms with van der Waals surface area (Å²) in [4.78, 5) is 11.7. The van der Waals surface area contributed by atoms with Gasteiger partial charge in [0.15, 0.2) is 0 Å². The molecule has 1 amide bonds. The summed E-state index contributed by atoms with van der Waals surface area (Å²) in [7, 11) is 0. The smallest absolute Gasteiger partial charge is 0.220 e. The molecule has 0 fully saturated rings. The summed E-state index contributed by atoms with van der Waals surface area (Å²) < 4.78 is 2.01. The number of nitrogens with one attached hydrogen (secondary N) is 2. The van der Waals surface area contributed by atoms with Crippen LogP contribution >= 0.6 is 0 Å². The number of aromatic nitrogens is 5. The van der Waals surface area contributed by atoms with Gasteiger partial charge in [-0.1, -0.05) is 0 Å². The molecule has 2 aromatic heterocycles. The van der Waals surface area contributed by atoms with Crippen LogP contribution in [0.25, 0.3) is 0 Å². The van der Waals surface area contributed by atoms with Crippen molar-refractivity contribution < 1.29 is 4.79 Å².